The molecule has 1 aromatic heterocycles. The van der Waals surface area contributed by atoms with Crippen LogP contribution < -0.4 is 10.9 Å². The number of benzene rings is 2. The fourth-order valence-electron chi connectivity index (χ4n) is 2.75. The maximum absolute atomic E-state index is 12.9. The van der Waals surface area contributed by atoms with Gasteiger partial charge < -0.3 is 10.1 Å². The van der Waals surface area contributed by atoms with Crippen molar-refractivity contribution in [3.63, 3.8) is 0 Å². The molecule has 0 unspecified atom stereocenters. The van der Waals surface area contributed by atoms with Crippen LogP contribution >= 0.6 is 23.4 Å². The summed E-state index contributed by atoms with van der Waals surface area (Å²) in [4.78, 5) is 29.7. The zero-order valence-electron chi connectivity index (χ0n) is 16.3. The summed E-state index contributed by atoms with van der Waals surface area (Å²) in [5, 5.41) is 4.35. The van der Waals surface area contributed by atoms with E-state index < -0.39 is 0 Å². The van der Waals surface area contributed by atoms with E-state index in [1.165, 1.54) is 21.9 Å². The molecule has 0 saturated heterocycles. The molecular formula is C21H22ClN3O3S. The Labute approximate surface area is 178 Å². The minimum Gasteiger partial charge on any atom is -0.383 e. The van der Waals surface area contributed by atoms with Gasteiger partial charge in [-0.05, 0) is 30.7 Å². The van der Waals surface area contributed by atoms with Crippen LogP contribution in [0.3, 0.4) is 0 Å². The average Bonchev–Trinajstić information content (AvgIpc) is 2.71. The third kappa shape index (κ3) is 5.59. The van der Waals surface area contributed by atoms with Gasteiger partial charge in [0.1, 0.15) is 0 Å². The lowest BCUT2D eigenvalue weighted by atomic mass is 10.1. The molecule has 3 aromatic rings. The summed E-state index contributed by atoms with van der Waals surface area (Å²) in [6.07, 6.45) is 0. The molecule has 152 valence electrons. The third-order valence-electron chi connectivity index (χ3n) is 4.34. The van der Waals surface area contributed by atoms with Crippen molar-refractivity contribution in [2.24, 2.45) is 0 Å². The van der Waals surface area contributed by atoms with Crippen molar-refractivity contribution in [3.05, 3.63) is 69.0 Å². The Bertz CT molecular complexity index is 1070. The zero-order valence-corrected chi connectivity index (χ0v) is 17.8. The van der Waals surface area contributed by atoms with E-state index in [4.69, 9.17) is 16.3 Å². The molecule has 1 N–H and O–H groups in total. The number of carbonyl (C=O) groups excluding carboxylic acids is 1. The predicted octanol–water partition coefficient (Wildman–Crippen LogP) is 3.41. The molecule has 0 atom stereocenters. The van der Waals surface area contributed by atoms with Crippen LogP contribution in [-0.4, -0.2) is 34.9 Å². The van der Waals surface area contributed by atoms with Gasteiger partial charge in [0, 0.05) is 18.7 Å². The second kappa shape index (κ2) is 9.91. The molecule has 0 aliphatic carbocycles. The minimum absolute atomic E-state index is 0.130. The fraction of sp³-hybridized carbons (Fsp3) is 0.286. The monoisotopic (exact) mass is 431 g/mol. The van der Waals surface area contributed by atoms with Gasteiger partial charge in [0.15, 0.2) is 5.16 Å². The van der Waals surface area contributed by atoms with Crippen LogP contribution in [0, 0.1) is 6.92 Å². The second-order valence-corrected chi connectivity index (χ2v) is 7.94. The number of aromatic nitrogens is 2. The smallest absolute Gasteiger partial charge is 0.262 e. The number of halogens is 1. The topological polar surface area (TPSA) is 73.2 Å². The van der Waals surface area contributed by atoms with Crippen LogP contribution in [0.5, 0.6) is 0 Å². The molecule has 29 heavy (non-hydrogen) atoms. The van der Waals surface area contributed by atoms with E-state index >= 15 is 0 Å². The molecule has 1 heterocycles. The minimum atomic E-state index is -0.175. The Balaban J connectivity index is 1.74. The van der Waals surface area contributed by atoms with Crippen LogP contribution in [0.1, 0.15) is 11.1 Å². The van der Waals surface area contributed by atoms with Crippen LogP contribution in [0.15, 0.2) is 52.4 Å². The van der Waals surface area contributed by atoms with Crippen LogP contribution in [-0.2, 0) is 22.6 Å². The van der Waals surface area contributed by atoms with Gasteiger partial charge in [0.05, 0.1) is 29.8 Å². The van der Waals surface area contributed by atoms with E-state index in [-0.39, 0.29) is 17.2 Å². The van der Waals surface area contributed by atoms with E-state index in [1.807, 2.05) is 31.2 Å². The summed E-state index contributed by atoms with van der Waals surface area (Å²) in [5.41, 5.74) is 2.54. The Morgan fingerprint density at radius 1 is 1.24 bits per heavy atom. The number of methoxy groups -OCH3 is 1. The maximum atomic E-state index is 12.9. The van der Waals surface area contributed by atoms with Gasteiger partial charge in [-0.2, -0.15) is 0 Å². The molecular weight excluding hydrogens is 410 g/mol. The highest BCUT2D eigenvalue weighted by Gasteiger charge is 2.13. The summed E-state index contributed by atoms with van der Waals surface area (Å²) in [6.45, 7) is 3.20. The lowest BCUT2D eigenvalue weighted by molar-refractivity contribution is -0.118. The largest absolute Gasteiger partial charge is 0.383 e. The van der Waals surface area contributed by atoms with Gasteiger partial charge in [-0.3, -0.25) is 14.2 Å². The number of thioether (sulfide) groups is 1. The van der Waals surface area contributed by atoms with Crippen LogP contribution in [0.2, 0.25) is 5.02 Å². The number of nitrogens with one attached hydrogen (secondary N) is 1. The van der Waals surface area contributed by atoms with Crippen molar-refractivity contribution in [3.8, 4) is 0 Å². The number of hydrogen-bond acceptors (Lipinski definition) is 5. The Morgan fingerprint density at radius 2 is 2.00 bits per heavy atom. The van der Waals surface area contributed by atoms with Gasteiger partial charge in [-0.1, -0.05) is 53.2 Å². The lowest BCUT2D eigenvalue weighted by Gasteiger charge is -2.13. The van der Waals surface area contributed by atoms with Crippen molar-refractivity contribution in [2.45, 2.75) is 25.2 Å². The van der Waals surface area contributed by atoms with E-state index in [9.17, 15) is 9.59 Å². The van der Waals surface area contributed by atoms with Crippen molar-refractivity contribution in [2.75, 3.05) is 19.5 Å². The highest BCUT2D eigenvalue weighted by Crippen LogP contribution is 2.20. The van der Waals surface area contributed by atoms with E-state index in [2.05, 4.69) is 10.3 Å². The van der Waals surface area contributed by atoms with Gasteiger partial charge in [-0.25, -0.2) is 4.98 Å². The van der Waals surface area contributed by atoms with Crippen molar-refractivity contribution in [1.29, 1.82) is 0 Å². The van der Waals surface area contributed by atoms with Crippen LogP contribution in [0.25, 0.3) is 10.9 Å². The first kappa shape index (κ1) is 21.4. The number of amides is 1. The SMILES string of the molecule is COCCn1c(SCC(=O)NCc2ccc(C)cc2)nc2cc(Cl)ccc2c1=O. The molecule has 1 amide bonds. The highest BCUT2D eigenvalue weighted by molar-refractivity contribution is 7.99. The van der Waals surface area contributed by atoms with Crippen molar-refractivity contribution >= 4 is 40.2 Å². The number of carbonyl (C=O) groups is 1. The Morgan fingerprint density at radius 3 is 2.72 bits per heavy atom. The fourth-order valence-corrected chi connectivity index (χ4v) is 3.77. The van der Waals surface area contributed by atoms with Crippen molar-refractivity contribution in [1.82, 2.24) is 14.9 Å². The molecule has 0 aliphatic rings. The molecule has 0 aliphatic heterocycles. The number of hydrogen-bond donors (Lipinski definition) is 1. The second-order valence-electron chi connectivity index (χ2n) is 6.56. The number of nitrogens with zero attached hydrogens (tertiary/aromatic N) is 2. The van der Waals surface area contributed by atoms with E-state index in [0.29, 0.717) is 40.8 Å². The number of aryl methyl sites for hydroxylation is 1. The molecule has 0 radical (unpaired) electrons. The zero-order chi connectivity index (χ0) is 20.8. The quantitative estimate of drug-likeness (QED) is 0.437. The van der Waals surface area contributed by atoms with E-state index in [1.54, 1.807) is 25.3 Å². The molecule has 2 aromatic carbocycles. The first-order valence-corrected chi connectivity index (χ1v) is 10.5. The predicted molar refractivity (Wildman–Crippen MR) is 117 cm³/mol. The molecule has 0 saturated carbocycles. The van der Waals surface area contributed by atoms with Crippen molar-refractivity contribution < 1.29 is 9.53 Å². The Kier molecular flexibility index (Phi) is 7.30. The maximum Gasteiger partial charge on any atom is 0.262 e. The molecule has 6 nitrogen and oxygen atoms in total. The lowest BCUT2D eigenvalue weighted by Crippen LogP contribution is -2.27. The standard InChI is InChI=1S/C21H22ClN3O3S/c1-14-3-5-15(6-4-14)12-23-19(26)13-29-21-24-18-11-16(22)7-8-17(18)20(27)25(21)9-10-28-2/h3-8,11H,9-10,12-13H2,1-2H3,(H,23,26). The number of fused-ring (bicyclic) bond motifs is 1. The third-order valence-corrected chi connectivity index (χ3v) is 5.56. The van der Waals surface area contributed by atoms with Gasteiger partial charge in [-0.15, -0.1) is 0 Å². The molecule has 3 rings (SSSR count). The number of ether oxygens (including phenoxy) is 1. The van der Waals surface area contributed by atoms with Gasteiger partial charge in [0.2, 0.25) is 5.91 Å². The number of rotatable bonds is 8. The first-order chi connectivity index (χ1) is 14.0. The highest BCUT2D eigenvalue weighted by atomic mass is 35.5. The van der Waals surface area contributed by atoms with Gasteiger partial charge in [0.25, 0.3) is 5.56 Å². The summed E-state index contributed by atoms with van der Waals surface area (Å²) in [7, 11) is 1.57. The summed E-state index contributed by atoms with van der Waals surface area (Å²) in [6, 6.07) is 13.0. The van der Waals surface area contributed by atoms with Crippen LogP contribution in [0.4, 0.5) is 0 Å². The normalized spacial score (nSPS) is 11.0. The van der Waals surface area contributed by atoms with E-state index in [0.717, 1.165) is 5.56 Å². The molecule has 0 fully saturated rings. The average molecular weight is 432 g/mol. The molecule has 8 heteroatoms. The summed E-state index contributed by atoms with van der Waals surface area (Å²) >= 11 is 7.26. The molecule has 0 bridgehead atoms. The summed E-state index contributed by atoms with van der Waals surface area (Å²) < 4.78 is 6.65. The molecule has 0 spiro atoms. The van der Waals surface area contributed by atoms with Gasteiger partial charge >= 0.3 is 0 Å². The summed E-state index contributed by atoms with van der Waals surface area (Å²) in [5.74, 6) is 0.0199. The first-order valence-electron chi connectivity index (χ1n) is 9.12. The Hall–Kier alpha value is -2.35.